The van der Waals surface area contributed by atoms with Crippen LogP contribution in [0.15, 0.2) is 4.99 Å². The zero-order valence-corrected chi connectivity index (χ0v) is 10.3. The Balaban J connectivity index is 4.08. The van der Waals surface area contributed by atoms with Gasteiger partial charge in [0.1, 0.15) is 0 Å². The zero-order chi connectivity index (χ0) is 10.5. The normalized spacial score (nSPS) is 14.0. The molecule has 0 unspecified atom stereocenters. The van der Waals surface area contributed by atoms with Crippen LogP contribution in [0.3, 0.4) is 0 Å². The van der Waals surface area contributed by atoms with Crippen molar-refractivity contribution in [3.8, 4) is 0 Å². The fraction of sp³-hybridized carbons (Fsp3) is 0.909. The fourth-order valence-electron chi connectivity index (χ4n) is 0.955. The van der Waals surface area contributed by atoms with Gasteiger partial charge in [0.05, 0.1) is 5.54 Å². The smallest absolute Gasteiger partial charge is 0.0520 e. The van der Waals surface area contributed by atoms with E-state index in [2.05, 4.69) is 45.8 Å². The maximum atomic E-state index is 5.65. The summed E-state index contributed by atoms with van der Waals surface area (Å²) in [7, 11) is 0. The minimum absolute atomic E-state index is 0.0399. The van der Waals surface area contributed by atoms with E-state index in [-0.39, 0.29) is 11.0 Å². The van der Waals surface area contributed by atoms with Crippen LogP contribution >= 0.6 is 11.6 Å². The van der Waals surface area contributed by atoms with Gasteiger partial charge in [0.15, 0.2) is 0 Å². The van der Waals surface area contributed by atoms with Crippen molar-refractivity contribution in [3.63, 3.8) is 0 Å². The number of halogens is 1. The lowest BCUT2D eigenvalue weighted by atomic mass is 9.89. The Kier molecular flexibility index (Phi) is 4.98. The standard InChI is InChI=1S/C11H22ClN/c1-10(2,3)13-9-11(4,5)7-6-8-12/h9H,6-8H2,1-5H3. The minimum atomic E-state index is 0.0399. The first-order chi connectivity index (χ1) is 5.77. The summed E-state index contributed by atoms with van der Waals surface area (Å²) in [6, 6.07) is 0. The SMILES string of the molecule is CC(C)(C=NC(C)(C)C)CCCCl. The summed E-state index contributed by atoms with van der Waals surface area (Å²) in [4.78, 5) is 4.51. The third-order valence-electron chi connectivity index (χ3n) is 1.76. The molecule has 1 nitrogen and oxygen atoms in total. The lowest BCUT2D eigenvalue weighted by Crippen LogP contribution is -2.18. The van der Waals surface area contributed by atoms with Gasteiger partial charge in [0.2, 0.25) is 0 Å². The molecule has 0 N–H and O–H groups in total. The first kappa shape index (κ1) is 13.0. The van der Waals surface area contributed by atoms with Crippen molar-refractivity contribution in [1.29, 1.82) is 0 Å². The molecule has 2 heteroatoms. The van der Waals surface area contributed by atoms with Crippen molar-refractivity contribution >= 4 is 17.8 Å². The quantitative estimate of drug-likeness (QED) is 0.486. The Bertz CT molecular complexity index is 165. The zero-order valence-electron chi connectivity index (χ0n) is 9.52. The summed E-state index contributed by atoms with van der Waals surface area (Å²) in [5.74, 6) is 0.743. The van der Waals surface area contributed by atoms with Gasteiger partial charge in [-0.1, -0.05) is 13.8 Å². The highest BCUT2D eigenvalue weighted by atomic mass is 35.5. The van der Waals surface area contributed by atoms with Gasteiger partial charge in [0.25, 0.3) is 0 Å². The second-order valence-electron chi connectivity index (χ2n) is 5.21. The summed E-state index contributed by atoms with van der Waals surface area (Å²) < 4.78 is 0. The highest BCUT2D eigenvalue weighted by molar-refractivity contribution is 6.17. The third-order valence-corrected chi connectivity index (χ3v) is 2.02. The molecule has 0 aliphatic heterocycles. The Hall–Kier alpha value is -0.0400. The maximum absolute atomic E-state index is 5.65. The van der Waals surface area contributed by atoms with E-state index in [1.807, 2.05) is 0 Å². The van der Waals surface area contributed by atoms with E-state index in [1.54, 1.807) is 0 Å². The molecule has 0 aliphatic rings. The molecular weight excluding hydrogens is 182 g/mol. The van der Waals surface area contributed by atoms with Crippen molar-refractivity contribution < 1.29 is 0 Å². The first-order valence-corrected chi connectivity index (χ1v) is 5.43. The summed E-state index contributed by atoms with van der Waals surface area (Å²) in [5, 5.41) is 0. The van der Waals surface area contributed by atoms with Crippen molar-refractivity contribution in [3.05, 3.63) is 0 Å². The molecule has 0 aromatic rings. The highest BCUT2D eigenvalue weighted by Crippen LogP contribution is 2.21. The number of nitrogens with zero attached hydrogens (tertiary/aromatic N) is 1. The van der Waals surface area contributed by atoms with Gasteiger partial charge in [0, 0.05) is 12.1 Å². The van der Waals surface area contributed by atoms with Crippen molar-refractivity contribution in [2.75, 3.05) is 5.88 Å². The molecule has 0 atom stereocenters. The Morgan fingerprint density at radius 1 is 1.15 bits per heavy atom. The van der Waals surface area contributed by atoms with E-state index in [0.29, 0.717) is 0 Å². The van der Waals surface area contributed by atoms with Crippen LogP contribution in [0, 0.1) is 5.41 Å². The lowest BCUT2D eigenvalue weighted by molar-refractivity contribution is 0.470. The molecule has 0 aromatic heterocycles. The molecule has 13 heavy (non-hydrogen) atoms. The van der Waals surface area contributed by atoms with E-state index in [0.717, 1.165) is 18.7 Å². The van der Waals surface area contributed by atoms with E-state index < -0.39 is 0 Å². The average Bonchev–Trinajstić information content (AvgIpc) is 1.97. The first-order valence-electron chi connectivity index (χ1n) is 4.89. The molecule has 0 spiro atoms. The van der Waals surface area contributed by atoms with Crippen LogP contribution in [0.5, 0.6) is 0 Å². The van der Waals surface area contributed by atoms with Crippen LogP contribution in [0.2, 0.25) is 0 Å². The molecule has 0 aromatic carbocycles. The summed E-state index contributed by atoms with van der Waals surface area (Å²) in [6.45, 7) is 10.7. The predicted molar refractivity (Wildman–Crippen MR) is 62.0 cm³/mol. The van der Waals surface area contributed by atoms with Crippen LogP contribution in [0.4, 0.5) is 0 Å². The van der Waals surface area contributed by atoms with E-state index >= 15 is 0 Å². The number of hydrogen-bond acceptors (Lipinski definition) is 1. The minimum Gasteiger partial charge on any atom is -0.291 e. The molecule has 0 saturated heterocycles. The summed E-state index contributed by atoms with van der Waals surface area (Å²) in [5.41, 5.74) is 0.223. The Morgan fingerprint density at radius 3 is 2.08 bits per heavy atom. The molecule has 0 bridgehead atoms. The van der Waals surface area contributed by atoms with Gasteiger partial charge in [-0.2, -0.15) is 0 Å². The van der Waals surface area contributed by atoms with E-state index in [1.165, 1.54) is 0 Å². The maximum Gasteiger partial charge on any atom is 0.0520 e. The molecule has 78 valence electrons. The van der Waals surface area contributed by atoms with Gasteiger partial charge < -0.3 is 0 Å². The topological polar surface area (TPSA) is 12.4 Å². The molecule has 0 radical (unpaired) electrons. The third kappa shape index (κ3) is 8.29. The van der Waals surface area contributed by atoms with Crippen LogP contribution in [0.25, 0.3) is 0 Å². The molecule has 0 heterocycles. The van der Waals surface area contributed by atoms with Gasteiger partial charge in [-0.05, 0) is 39.0 Å². The summed E-state index contributed by atoms with van der Waals surface area (Å²) in [6.07, 6.45) is 4.24. The van der Waals surface area contributed by atoms with Crippen LogP contribution in [-0.2, 0) is 0 Å². The molecular formula is C11H22ClN. The van der Waals surface area contributed by atoms with Gasteiger partial charge >= 0.3 is 0 Å². The van der Waals surface area contributed by atoms with Crippen LogP contribution in [0.1, 0.15) is 47.5 Å². The monoisotopic (exact) mass is 203 g/mol. The predicted octanol–water partition coefficient (Wildman–Crippen LogP) is 3.90. The second kappa shape index (κ2) is 4.99. The summed E-state index contributed by atoms with van der Waals surface area (Å²) >= 11 is 5.65. The molecule has 0 saturated carbocycles. The van der Waals surface area contributed by atoms with Crippen LogP contribution in [-0.4, -0.2) is 17.6 Å². The molecule has 0 aliphatic carbocycles. The number of hydrogen-bond donors (Lipinski definition) is 0. The van der Waals surface area contributed by atoms with Crippen molar-refractivity contribution in [1.82, 2.24) is 0 Å². The molecule has 0 fully saturated rings. The largest absolute Gasteiger partial charge is 0.291 e. The Morgan fingerprint density at radius 2 is 1.69 bits per heavy atom. The average molecular weight is 204 g/mol. The number of alkyl halides is 1. The van der Waals surface area contributed by atoms with Crippen molar-refractivity contribution in [2.24, 2.45) is 10.4 Å². The number of aliphatic imine (C=N–C) groups is 1. The van der Waals surface area contributed by atoms with Crippen molar-refractivity contribution in [2.45, 2.75) is 53.0 Å². The molecule has 0 amide bonds. The van der Waals surface area contributed by atoms with Gasteiger partial charge in [-0.3, -0.25) is 4.99 Å². The van der Waals surface area contributed by atoms with E-state index in [4.69, 9.17) is 11.6 Å². The van der Waals surface area contributed by atoms with Gasteiger partial charge in [-0.25, -0.2) is 0 Å². The number of rotatable bonds is 4. The fourth-order valence-corrected chi connectivity index (χ4v) is 1.09. The highest BCUT2D eigenvalue weighted by Gasteiger charge is 2.15. The van der Waals surface area contributed by atoms with Crippen LogP contribution < -0.4 is 0 Å². The Labute approximate surface area is 87.6 Å². The van der Waals surface area contributed by atoms with E-state index in [9.17, 15) is 0 Å². The lowest BCUT2D eigenvalue weighted by Gasteiger charge is -2.21. The molecule has 0 rings (SSSR count). The van der Waals surface area contributed by atoms with Gasteiger partial charge in [-0.15, -0.1) is 11.6 Å². The second-order valence-corrected chi connectivity index (χ2v) is 5.59.